The lowest BCUT2D eigenvalue weighted by Gasteiger charge is -2.32. The Morgan fingerprint density at radius 2 is 1.71 bits per heavy atom. The number of carboxylic acids is 1. The number of aryl methyl sites for hydroxylation is 1. The molecule has 1 aromatic heterocycles. The molecular formula is C28H27F5N4O4. The maximum absolute atomic E-state index is 14.0. The van der Waals surface area contributed by atoms with Crippen molar-refractivity contribution in [3.63, 3.8) is 0 Å². The number of carboxylic acid groups (broad SMARTS) is 1. The number of carbonyl (C=O) groups is 2. The van der Waals surface area contributed by atoms with Crippen molar-refractivity contribution in [2.45, 2.75) is 51.4 Å². The van der Waals surface area contributed by atoms with Gasteiger partial charge >= 0.3 is 12.1 Å². The topological polar surface area (TPSA) is 95.7 Å². The number of aliphatic carboxylic acids is 1. The van der Waals surface area contributed by atoms with Crippen LogP contribution in [0, 0.1) is 12.3 Å². The number of halogens is 5. The van der Waals surface area contributed by atoms with Crippen molar-refractivity contribution in [3.05, 3.63) is 69.3 Å². The Morgan fingerprint density at radius 3 is 2.24 bits per heavy atom. The Bertz CT molecular complexity index is 1590. The zero-order chi connectivity index (χ0) is 29.9. The molecule has 1 saturated carbocycles. The van der Waals surface area contributed by atoms with Gasteiger partial charge in [0.15, 0.2) is 0 Å². The first-order valence-corrected chi connectivity index (χ1v) is 12.9. The largest absolute Gasteiger partial charge is 0.480 e. The van der Waals surface area contributed by atoms with Crippen molar-refractivity contribution in [3.8, 4) is 0 Å². The first-order valence-electron chi connectivity index (χ1n) is 12.9. The van der Waals surface area contributed by atoms with Crippen LogP contribution in [0.4, 0.5) is 27.6 Å². The number of alkyl halides is 5. The molecule has 2 fully saturated rings. The van der Waals surface area contributed by atoms with Crippen LogP contribution in [0.25, 0.3) is 10.9 Å². The van der Waals surface area contributed by atoms with Crippen molar-refractivity contribution in [2.24, 2.45) is 5.41 Å². The Morgan fingerprint density at radius 1 is 1.10 bits per heavy atom. The fourth-order valence-electron chi connectivity index (χ4n) is 5.59. The predicted octanol–water partition coefficient (Wildman–Crippen LogP) is 4.71. The number of nitrogens with zero attached hydrogens (tertiary/aromatic N) is 4. The van der Waals surface area contributed by atoms with Gasteiger partial charge in [0.1, 0.15) is 12.4 Å². The summed E-state index contributed by atoms with van der Waals surface area (Å²) in [5, 5.41) is 8.98. The van der Waals surface area contributed by atoms with Crippen molar-refractivity contribution < 1.29 is 36.6 Å². The predicted molar refractivity (Wildman–Crippen MR) is 139 cm³/mol. The van der Waals surface area contributed by atoms with E-state index in [0.29, 0.717) is 11.3 Å². The molecule has 41 heavy (non-hydrogen) atoms. The summed E-state index contributed by atoms with van der Waals surface area (Å²) >= 11 is 0. The number of fused-ring (bicyclic) bond motifs is 1. The highest BCUT2D eigenvalue weighted by atomic mass is 19.4. The number of anilines is 1. The zero-order valence-corrected chi connectivity index (χ0v) is 22.3. The molecule has 3 aromatic rings. The van der Waals surface area contributed by atoms with E-state index in [9.17, 15) is 36.3 Å². The van der Waals surface area contributed by atoms with E-state index in [1.54, 1.807) is 19.2 Å². The smallest absolute Gasteiger partial charge is 0.416 e. The van der Waals surface area contributed by atoms with E-state index in [-0.39, 0.29) is 67.1 Å². The van der Waals surface area contributed by atoms with Gasteiger partial charge in [-0.1, -0.05) is 0 Å². The van der Waals surface area contributed by atoms with Gasteiger partial charge in [0.2, 0.25) is 0 Å². The number of piperidine rings is 1. The number of likely N-dealkylation sites (tertiary alicyclic amines) is 1. The number of aromatic nitrogens is 2. The summed E-state index contributed by atoms with van der Waals surface area (Å²) in [6.45, 7) is 0.883. The van der Waals surface area contributed by atoms with E-state index in [2.05, 4.69) is 4.98 Å². The number of amides is 1. The van der Waals surface area contributed by atoms with Gasteiger partial charge in [0.25, 0.3) is 17.4 Å². The molecule has 1 spiro atoms. The van der Waals surface area contributed by atoms with Gasteiger partial charge in [-0.05, 0) is 61.7 Å². The second-order valence-corrected chi connectivity index (χ2v) is 10.8. The molecule has 1 N–H and O–H groups in total. The van der Waals surface area contributed by atoms with E-state index in [4.69, 9.17) is 5.11 Å². The van der Waals surface area contributed by atoms with Gasteiger partial charge in [0, 0.05) is 49.8 Å². The molecule has 1 aliphatic carbocycles. The minimum atomic E-state index is -4.75. The molecule has 1 saturated heterocycles. The van der Waals surface area contributed by atoms with Crippen LogP contribution >= 0.6 is 0 Å². The van der Waals surface area contributed by atoms with Crippen LogP contribution in [0.5, 0.6) is 0 Å². The van der Waals surface area contributed by atoms with Crippen LogP contribution in [0.3, 0.4) is 0 Å². The summed E-state index contributed by atoms with van der Waals surface area (Å²) in [6.07, 6.45) is -4.39. The van der Waals surface area contributed by atoms with Crippen LogP contribution in [0.15, 0.2) is 41.2 Å². The lowest BCUT2D eigenvalue weighted by Crippen LogP contribution is -2.40. The van der Waals surface area contributed by atoms with Crippen LogP contribution in [-0.4, -0.2) is 57.5 Å². The molecule has 13 heteroatoms. The van der Waals surface area contributed by atoms with Gasteiger partial charge in [0.05, 0.1) is 16.5 Å². The van der Waals surface area contributed by atoms with E-state index in [0.717, 1.165) is 16.7 Å². The van der Waals surface area contributed by atoms with Gasteiger partial charge in [-0.3, -0.25) is 19.0 Å². The van der Waals surface area contributed by atoms with Crippen LogP contribution < -0.4 is 10.5 Å². The maximum atomic E-state index is 14.0. The van der Waals surface area contributed by atoms with Crippen molar-refractivity contribution >= 4 is 28.5 Å². The van der Waals surface area contributed by atoms with Crippen LogP contribution in [0.2, 0.25) is 0 Å². The summed E-state index contributed by atoms with van der Waals surface area (Å²) in [7, 11) is 1.55. The molecule has 0 bridgehead atoms. The van der Waals surface area contributed by atoms with Crippen molar-refractivity contribution in [1.29, 1.82) is 0 Å². The fourth-order valence-corrected chi connectivity index (χ4v) is 5.59. The van der Waals surface area contributed by atoms with Crippen LogP contribution in [0.1, 0.15) is 46.6 Å². The number of hydrogen-bond acceptors (Lipinski definition) is 5. The van der Waals surface area contributed by atoms with Crippen molar-refractivity contribution in [1.82, 2.24) is 14.5 Å². The van der Waals surface area contributed by atoms with Gasteiger partial charge in [-0.15, -0.1) is 0 Å². The first kappa shape index (κ1) is 28.5. The molecule has 0 radical (unpaired) electrons. The number of rotatable bonds is 6. The fraction of sp³-hybridized carbons (Fsp3) is 0.429. The molecule has 2 aromatic carbocycles. The van der Waals surface area contributed by atoms with E-state index < -0.39 is 41.2 Å². The molecule has 0 atom stereocenters. The minimum absolute atomic E-state index is 0.0212. The summed E-state index contributed by atoms with van der Waals surface area (Å²) in [6, 6.07) is 8.10. The minimum Gasteiger partial charge on any atom is -0.480 e. The third-order valence-electron chi connectivity index (χ3n) is 8.15. The Labute approximate surface area is 231 Å². The quantitative estimate of drug-likeness (QED) is 0.426. The molecule has 1 amide bonds. The highest BCUT2D eigenvalue weighted by Crippen LogP contribution is 2.65. The van der Waals surface area contributed by atoms with Gasteiger partial charge in [-0.25, -0.2) is 13.8 Å². The molecular weight excluding hydrogens is 551 g/mol. The van der Waals surface area contributed by atoms with E-state index >= 15 is 0 Å². The summed E-state index contributed by atoms with van der Waals surface area (Å²) in [5.74, 6) is -4.27. The number of hydrogen-bond donors (Lipinski definition) is 1. The Hall–Kier alpha value is -4.03. The van der Waals surface area contributed by atoms with E-state index in [1.165, 1.54) is 28.9 Å². The zero-order valence-electron chi connectivity index (χ0n) is 22.3. The number of carbonyl (C=O) groups excluding carboxylic acids is 1. The summed E-state index contributed by atoms with van der Waals surface area (Å²) < 4.78 is 70.2. The SMILES string of the molecule is Cc1nc2cc(C(F)(F)F)c(CN(C)c3ccc(C(=O)N4CCC5(CC4)CC5(F)F)cc3)cc2c(=O)n1CC(=O)O. The Kier molecular flexibility index (Phi) is 6.82. The van der Waals surface area contributed by atoms with Gasteiger partial charge < -0.3 is 14.9 Å². The standard InChI is InChI=1S/C28H27F5N4O4/c1-16-34-22-12-21(28(31,32)33)18(11-20(22)25(41)37(16)14-23(38)39)13-35(2)19-5-3-17(4-6-19)24(40)36-9-7-26(8-10-36)15-27(26,29)30/h3-6,11-12H,7-10,13-15H2,1-2H3,(H,38,39). The summed E-state index contributed by atoms with van der Waals surface area (Å²) in [5.41, 5.74) is -2.29. The molecule has 8 nitrogen and oxygen atoms in total. The highest BCUT2D eigenvalue weighted by molar-refractivity contribution is 5.94. The Balaban J connectivity index is 1.37. The van der Waals surface area contributed by atoms with Crippen molar-refractivity contribution in [2.75, 3.05) is 25.0 Å². The molecule has 5 rings (SSSR count). The third kappa shape index (κ3) is 5.24. The van der Waals surface area contributed by atoms with Gasteiger partial charge in [-0.2, -0.15) is 13.2 Å². The maximum Gasteiger partial charge on any atom is 0.416 e. The lowest BCUT2D eigenvalue weighted by atomic mass is 9.92. The summed E-state index contributed by atoms with van der Waals surface area (Å²) in [4.78, 5) is 44.1. The van der Waals surface area contributed by atoms with Crippen LogP contribution in [-0.2, 0) is 24.1 Å². The normalized spacial score (nSPS) is 17.6. The highest BCUT2D eigenvalue weighted by Gasteiger charge is 2.70. The second kappa shape index (κ2) is 9.81. The average molecular weight is 579 g/mol. The molecule has 2 aliphatic rings. The third-order valence-corrected chi connectivity index (χ3v) is 8.15. The lowest BCUT2D eigenvalue weighted by molar-refractivity contribution is -0.138. The average Bonchev–Trinajstić information content (AvgIpc) is 3.44. The molecule has 1 aliphatic heterocycles. The van der Waals surface area contributed by atoms with E-state index in [1.807, 2.05) is 0 Å². The first-order chi connectivity index (χ1) is 19.1. The monoisotopic (exact) mass is 578 g/mol. The molecule has 0 unspecified atom stereocenters. The molecule has 2 heterocycles. The molecule has 218 valence electrons. The number of benzene rings is 2. The second-order valence-electron chi connectivity index (χ2n) is 10.8.